The van der Waals surface area contributed by atoms with Crippen LogP contribution in [0.4, 0.5) is 5.69 Å². The average molecular weight is 265 g/mol. The number of fused-ring (bicyclic) bond motifs is 3. The molecule has 1 aliphatic heterocycles. The summed E-state index contributed by atoms with van der Waals surface area (Å²) in [5.74, 6) is -0.628. The second kappa shape index (κ2) is 4.49. The summed E-state index contributed by atoms with van der Waals surface area (Å²) in [6, 6.07) is 12.7. The van der Waals surface area contributed by atoms with Crippen LogP contribution in [0.5, 0.6) is 0 Å². The molecule has 1 heterocycles. The van der Waals surface area contributed by atoms with Crippen molar-refractivity contribution in [1.29, 1.82) is 0 Å². The zero-order valence-corrected chi connectivity index (χ0v) is 11.0. The Morgan fingerprint density at radius 2 is 1.85 bits per heavy atom. The van der Waals surface area contributed by atoms with Crippen LogP contribution in [-0.4, -0.2) is 18.9 Å². The number of hydrogen-bond acceptors (Lipinski definition) is 2. The van der Waals surface area contributed by atoms with Gasteiger partial charge in [-0.25, -0.2) is 0 Å². The van der Waals surface area contributed by atoms with E-state index in [9.17, 15) is 9.59 Å². The Morgan fingerprint density at radius 3 is 2.60 bits per heavy atom. The quantitative estimate of drug-likeness (QED) is 0.857. The molecule has 20 heavy (non-hydrogen) atoms. The van der Waals surface area contributed by atoms with Crippen molar-refractivity contribution in [2.75, 3.05) is 11.9 Å². The summed E-state index contributed by atoms with van der Waals surface area (Å²) in [5, 5.41) is 0. The van der Waals surface area contributed by atoms with Gasteiger partial charge in [0.1, 0.15) is 0 Å². The van der Waals surface area contributed by atoms with Gasteiger partial charge in [0, 0.05) is 18.2 Å². The largest absolute Gasteiger partial charge is 0.366 e. The summed E-state index contributed by atoms with van der Waals surface area (Å²) < 4.78 is 0. The average Bonchev–Trinajstić information content (AvgIpc) is 2.55. The number of rotatable bonds is 1. The summed E-state index contributed by atoms with van der Waals surface area (Å²) in [6.45, 7) is 0. The second-order valence-corrected chi connectivity index (χ2v) is 4.69. The molecule has 0 aliphatic carbocycles. The molecule has 0 aromatic heterocycles. The first kappa shape index (κ1) is 12.4. The number of nitrogens with two attached hydrogens (primary N) is 1. The van der Waals surface area contributed by atoms with Crippen molar-refractivity contribution in [3.05, 3.63) is 60.0 Å². The van der Waals surface area contributed by atoms with Crippen molar-refractivity contribution >= 4 is 17.5 Å². The van der Waals surface area contributed by atoms with Gasteiger partial charge in [-0.15, -0.1) is 0 Å². The fourth-order valence-electron chi connectivity index (χ4n) is 2.51. The summed E-state index contributed by atoms with van der Waals surface area (Å²) >= 11 is 0. The van der Waals surface area contributed by atoms with Gasteiger partial charge in [-0.05, 0) is 23.3 Å². The number of carbonyl (C=O) groups is 2. The Morgan fingerprint density at radius 1 is 1.10 bits per heavy atom. The predicted octanol–water partition coefficient (Wildman–Crippen LogP) is 1.98. The molecule has 0 saturated heterocycles. The highest BCUT2D eigenvalue weighted by atomic mass is 16.2. The maximum Gasteiger partial charge on any atom is 0.249 e. The summed E-state index contributed by atoms with van der Waals surface area (Å²) in [5.41, 5.74) is 8.92. The van der Waals surface area contributed by atoms with E-state index in [0.29, 0.717) is 16.8 Å². The molecule has 0 unspecified atom stereocenters. The van der Waals surface area contributed by atoms with Crippen LogP contribution in [0.25, 0.3) is 11.1 Å². The van der Waals surface area contributed by atoms with E-state index in [4.69, 9.17) is 5.73 Å². The van der Waals surface area contributed by atoms with E-state index in [1.54, 1.807) is 25.6 Å². The van der Waals surface area contributed by atoms with Crippen LogP contribution in [0.3, 0.4) is 0 Å². The maximum atomic E-state index is 12.2. The Balaban J connectivity index is 2.41. The van der Waals surface area contributed by atoms with Gasteiger partial charge < -0.3 is 10.6 Å². The minimum atomic E-state index is -0.501. The van der Waals surface area contributed by atoms with Crippen molar-refractivity contribution in [3.8, 4) is 11.1 Å². The molecular formula is C16H13N2O2. The van der Waals surface area contributed by atoms with E-state index in [0.717, 1.165) is 11.1 Å². The Kier molecular flexibility index (Phi) is 2.79. The third kappa shape index (κ3) is 1.77. The van der Waals surface area contributed by atoms with Crippen LogP contribution in [0.15, 0.2) is 42.5 Å². The van der Waals surface area contributed by atoms with E-state index in [1.165, 1.54) is 4.90 Å². The topological polar surface area (TPSA) is 63.4 Å². The highest BCUT2D eigenvalue weighted by Crippen LogP contribution is 2.39. The number of likely N-dealkylation sites (N-methyl/N-ethyl adjacent to an activating group) is 1. The molecule has 0 atom stereocenters. The lowest BCUT2D eigenvalue weighted by molar-refractivity contribution is -0.114. The van der Waals surface area contributed by atoms with Gasteiger partial charge >= 0.3 is 0 Å². The number of nitrogens with zero attached hydrogens (tertiary/aromatic N) is 1. The SMILES string of the molecule is CN1C(=O)[CH]c2ccccc2-c2c(C(N)=O)cccc21. The molecule has 0 spiro atoms. The third-order valence-corrected chi connectivity index (χ3v) is 3.51. The lowest BCUT2D eigenvalue weighted by atomic mass is 9.93. The van der Waals surface area contributed by atoms with Crippen LogP contribution in [0.1, 0.15) is 15.9 Å². The molecule has 2 aromatic carbocycles. The summed E-state index contributed by atoms with van der Waals surface area (Å²) in [4.78, 5) is 25.4. The molecule has 4 heteroatoms. The molecule has 3 rings (SSSR count). The van der Waals surface area contributed by atoms with Crippen LogP contribution in [-0.2, 0) is 4.79 Å². The van der Waals surface area contributed by atoms with E-state index in [2.05, 4.69) is 0 Å². The molecule has 0 saturated carbocycles. The number of amides is 2. The normalized spacial score (nSPS) is 13.4. The zero-order valence-electron chi connectivity index (χ0n) is 11.0. The predicted molar refractivity (Wildman–Crippen MR) is 77.2 cm³/mol. The Bertz CT molecular complexity index is 722. The van der Waals surface area contributed by atoms with Crippen LogP contribution in [0, 0.1) is 6.42 Å². The van der Waals surface area contributed by atoms with Crippen molar-refractivity contribution in [2.45, 2.75) is 0 Å². The van der Waals surface area contributed by atoms with Gasteiger partial charge in [0.05, 0.1) is 12.1 Å². The standard InChI is InChI=1S/C16H13N2O2/c1-18-13-8-4-7-12(16(17)20)15(13)11-6-3-2-5-10(11)9-14(18)19/h2-9H,1H3,(H2,17,20). The highest BCUT2D eigenvalue weighted by Gasteiger charge is 2.26. The molecule has 2 amide bonds. The van der Waals surface area contributed by atoms with Gasteiger partial charge in [0.25, 0.3) is 0 Å². The van der Waals surface area contributed by atoms with E-state index >= 15 is 0 Å². The van der Waals surface area contributed by atoms with Crippen LogP contribution in [0.2, 0.25) is 0 Å². The van der Waals surface area contributed by atoms with Crippen molar-refractivity contribution < 1.29 is 9.59 Å². The number of benzene rings is 2. The molecule has 2 aromatic rings. The molecule has 0 fully saturated rings. The minimum Gasteiger partial charge on any atom is -0.366 e. The van der Waals surface area contributed by atoms with Gasteiger partial charge in [-0.2, -0.15) is 0 Å². The fraction of sp³-hybridized carbons (Fsp3) is 0.0625. The van der Waals surface area contributed by atoms with Gasteiger partial charge in [-0.3, -0.25) is 9.59 Å². The lowest BCUT2D eigenvalue weighted by Gasteiger charge is -2.19. The van der Waals surface area contributed by atoms with E-state index in [1.807, 2.05) is 30.3 Å². The molecule has 2 N–H and O–H groups in total. The Labute approximate surface area is 116 Å². The van der Waals surface area contributed by atoms with Gasteiger partial charge in [-0.1, -0.05) is 30.3 Å². The van der Waals surface area contributed by atoms with Crippen molar-refractivity contribution in [3.63, 3.8) is 0 Å². The zero-order chi connectivity index (χ0) is 14.3. The van der Waals surface area contributed by atoms with E-state index in [-0.39, 0.29) is 5.91 Å². The molecule has 99 valence electrons. The molecule has 1 radical (unpaired) electrons. The van der Waals surface area contributed by atoms with Gasteiger partial charge in [0.2, 0.25) is 11.8 Å². The van der Waals surface area contributed by atoms with Crippen LogP contribution >= 0.6 is 0 Å². The first-order valence-corrected chi connectivity index (χ1v) is 6.24. The Hall–Kier alpha value is -2.62. The highest BCUT2D eigenvalue weighted by molar-refractivity contribution is 6.12. The van der Waals surface area contributed by atoms with E-state index < -0.39 is 5.91 Å². The first-order chi connectivity index (χ1) is 9.59. The summed E-state index contributed by atoms with van der Waals surface area (Å²) in [7, 11) is 1.69. The molecule has 0 bridgehead atoms. The minimum absolute atomic E-state index is 0.127. The van der Waals surface area contributed by atoms with Crippen LogP contribution < -0.4 is 10.6 Å². The monoisotopic (exact) mass is 265 g/mol. The first-order valence-electron chi connectivity index (χ1n) is 6.24. The fourth-order valence-corrected chi connectivity index (χ4v) is 2.51. The lowest BCUT2D eigenvalue weighted by Crippen LogP contribution is -2.26. The number of hydrogen-bond donors (Lipinski definition) is 1. The molecular weight excluding hydrogens is 252 g/mol. The third-order valence-electron chi connectivity index (χ3n) is 3.51. The molecule has 1 aliphatic rings. The number of carbonyl (C=O) groups excluding carboxylic acids is 2. The second-order valence-electron chi connectivity index (χ2n) is 4.69. The number of primary amides is 1. The smallest absolute Gasteiger partial charge is 0.249 e. The maximum absolute atomic E-state index is 12.2. The molecule has 4 nitrogen and oxygen atoms in total. The van der Waals surface area contributed by atoms with Gasteiger partial charge in [0.15, 0.2) is 0 Å². The van der Waals surface area contributed by atoms with Crippen molar-refractivity contribution in [1.82, 2.24) is 0 Å². The summed E-state index contributed by atoms with van der Waals surface area (Å²) in [6.07, 6.45) is 1.57. The number of anilines is 1. The van der Waals surface area contributed by atoms with Crippen molar-refractivity contribution in [2.24, 2.45) is 5.73 Å².